The summed E-state index contributed by atoms with van der Waals surface area (Å²) in [5, 5.41) is 0.679. The molecular formula is C14H20BrClO. The molecular weight excluding hydrogens is 300 g/mol. The fourth-order valence-corrected chi connectivity index (χ4v) is 2.21. The number of hydrogen-bond acceptors (Lipinski definition) is 1. The van der Waals surface area contributed by atoms with Crippen LogP contribution in [0.15, 0.2) is 22.7 Å². The minimum Gasteiger partial charge on any atom is -0.492 e. The molecule has 1 unspecified atom stereocenters. The minimum atomic E-state index is 0.630. The van der Waals surface area contributed by atoms with E-state index >= 15 is 0 Å². The number of hydrogen-bond donors (Lipinski definition) is 0. The van der Waals surface area contributed by atoms with Gasteiger partial charge in [0.2, 0.25) is 0 Å². The van der Waals surface area contributed by atoms with Crippen molar-refractivity contribution in [3.8, 4) is 5.75 Å². The Bertz CT molecular complexity index is 341. The molecule has 1 atom stereocenters. The molecule has 0 radical (unpaired) electrons. The molecule has 0 spiro atoms. The van der Waals surface area contributed by atoms with Crippen LogP contribution in [0.2, 0.25) is 5.02 Å². The molecule has 17 heavy (non-hydrogen) atoms. The van der Waals surface area contributed by atoms with Gasteiger partial charge in [-0.2, -0.15) is 0 Å². The Balaban J connectivity index is 2.50. The first-order valence-electron chi connectivity index (χ1n) is 6.25. The largest absolute Gasteiger partial charge is 0.492 e. The minimum absolute atomic E-state index is 0.630. The molecule has 0 saturated carbocycles. The lowest BCUT2D eigenvalue weighted by Gasteiger charge is -2.16. The van der Waals surface area contributed by atoms with Crippen molar-refractivity contribution >= 4 is 27.5 Å². The van der Waals surface area contributed by atoms with Crippen molar-refractivity contribution in [2.75, 3.05) is 6.61 Å². The van der Waals surface area contributed by atoms with Crippen molar-refractivity contribution in [2.45, 2.75) is 39.5 Å². The van der Waals surface area contributed by atoms with Gasteiger partial charge < -0.3 is 4.74 Å². The van der Waals surface area contributed by atoms with E-state index in [1.54, 1.807) is 0 Å². The van der Waals surface area contributed by atoms with E-state index in [1.165, 1.54) is 19.3 Å². The highest BCUT2D eigenvalue weighted by Crippen LogP contribution is 2.28. The summed E-state index contributed by atoms with van der Waals surface area (Å²) in [6.45, 7) is 5.19. The first kappa shape index (κ1) is 14.8. The Kier molecular flexibility index (Phi) is 6.98. The van der Waals surface area contributed by atoms with Gasteiger partial charge in [0.1, 0.15) is 5.75 Å². The summed E-state index contributed by atoms with van der Waals surface area (Å²) < 4.78 is 6.80. The van der Waals surface area contributed by atoms with Crippen LogP contribution >= 0.6 is 27.5 Å². The molecule has 0 saturated heterocycles. The van der Waals surface area contributed by atoms with Crippen LogP contribution in [0.1, 0.15) is 39.5 Å². The van der Waals surface area contributed by atoms with Crippen LogP contribution in [-0.2, 0) is 0 Å². The molecule has 3 heteroatoms. The van der Waals surface area contributed by atoms with Gasteiger partial charge in [0.05, 0.1) is 11.6 Å². The second kappa shape index (κ2) is 7.99. The van der Waals surface area contributed by atoms with Crippen LogP contribution in [-0.4, -0.2) is 6.61 Å². The lowest BCUT2D eigenvalue weighted by molar-refractivity contribution is 0.233. The van der Waals surface area contributed by atoms with Gasteiger partial charge in [0.25, 0.3) is 0 Å². The molecule has 0 N–H and O–H groups in total. The summed E-state index contributed by atoms with van der Waals surface area (Å²) in [5.41, 5.74) is 0. The SMILES string of the molecule is CCCCC(CC)COc1cc(Br)ccc1Cl. The predicted molar refractivity (Wildman–Crippen MR) is 78.0 cm³/mol. The zero-order valence-corrected chi connectivity index (χ0v) is 12.9. The van der Waals surface area contributed by atoms with E-state index in [2.05, 4.69) is 29.8 Å². The maximum atomic E-state index is 6.08. The van der Waals surface area contributed by atoms with Crippen molar-refractivity contribution in [2.24, 2.45) is 5.92 Å². The molecule has 96 valence electrons. The lowest BCUT2D eigenvalue weighted by atomic mass is 10.0. The zero-order chi connectivity index (χ0) is 12.7. The maximum absolute atomic E-state index is 6.08. The monoisotopic (exact) mass is 318 g/mol. The standard InChI is InChI=1S/C14H20BrClO/c1-3-5-6-11(4-2)10-17-14-9-12(15)7-8-13(14)16/h7-9,11H,3-6,10H2,1-2H3. The van der Waals surface area contributed by atoms with Crippen molar-refractivity contribution in [3.05, 3.63) is 27.7 Å². The van der Waals surface area contributed by atoms with Crippen LogP contribution in [0.5, 0.6) is 5.75 Å². The molecule has 0 aliphatic heterocycles. The number of ether oxygens (including phenoxy) is 1. The third-order valence-corrected chi connectivity index (χ3v) is 3.72. The normalized spacial score (nSPS) is 12.5. The molecule has 0 aliphatic rings. The maximum Gasteiger partial charge on any atom is 0.139 e. The van der Waals surface area contributed by atoms with E-state index in [9.17, 15) is 0 Å². The van der Waals surface area contributed by atoms with Gasteiger partial charge in [-0.25, -0.2) is 0 Å². The Morgan fingerprint density at radius 1 is 1.35 bits per heavy atom. The molecule has 0 heterocycles. The molecule has 0 aliphatic carbocycles. The zero-order valence-electron chi connectivity index (χ0n) is 10.5. The summed E-state index contributed by atoms with van der Waals surface area (Å²) in [6.07, 6.45) is 4.91. The quantitative estimate of drug-likeness (QED) is 0.626. The average molecular weight is 320 g/mol. The molecule has 1 nitrogen and oxygen atoms in total. The predicted octanol–water partition coefficient (Wildman–Crippen LogP) is 5.70. The third kappa shape index (κ3) is 5.31. The number of unbranched alkanes of at least 4 members (excludes halogenated alkanes) is 1. The first-order valence-corrected chi connectivity index (χ1v) is 7.42. The van der Waals surface area contributed by atoms with Crippen molar-refractivity contribution < 1.29 is 4.74 Å². The van der Waals surface area contributed by atoms with Crippen molar-refractivity contribution in [1.82, 2.24) is 0 Å². The van der Waals surface area contributed by atoms with Crippen LogP contribution < -0.4 is 4.74 Å². The van der Waals surface area contributed by atoms with E-state index in [0.29, 0.717) is 10.9 Å². The summed E-state index contributed by atoms with van der Waals surface area (Å²) in [6, 6.07) is 5.70. The average Bonchev–Trinajstić information content (AvgIpc) is 2.33. The second-order valence-electron chi connectivity index (χ2n) is 4.30. The smallest absolute Gasteiger partial charge is 0.139 e. The Morgan fingerprint density at radius 3 is 2.76 bits per heavy atom. The van der Waals surface area contributed by atoms with Gasteiger partial charge >= 0.3 is 0 Å². The number of rotatable bonds is 7. The fraction of sp³-hybridized carbons (Fsp3) is 0.571. The van der Waals surface area contributed by atoms with E-state index < -0.39 is 0 Å². The van der Waals surface area contributed by atoms with Crippen LogP contribution in [0.3, 0.4) is 0 Å². The summed E-state index contributed by atoms with van der Waals surface area (Å²) in [7, 11) is 0. The third-order valence-electron chi connectivity index (χ3n) is 2.91. The Morgan fingerprint density at radius 2 is 2.12 bits per heavy atom. The van der Waals surface area contributed by atoms with Gasteiger partial charge in [-0.15, -0.1) is 0 Å². The molecule has 0 fully saturated rings. The fourth-order valence-electron chi connectivity index (χ4n) is 1.69. The van der Waals surface area contributed by atoms with Gasteiger partial charge in [0.15, 0.2) is 0 Å². The Labute approximate surface area is 118 Å². The molecule has 0 amide bonds. The summed E-state index contributed by atoms with van der Waals surface area (Å²) in [5.74, 6) is 1.40. The van der Waals surface area contributed by atoms with Crippen molar-refractivity contribution in [1.29, 1.82) is 0 Å². The van der Waals surface area contributed by atoms with E-state index in [0.717, 1.165) is 23.2 Å². The number of benzene rings is 1. The summed E-state index contributed by atoms with van der Waals surface area (Å²) >= 11 is 9.51. The molecule has 1 rings (SSSR count). The van der Waals surface area contributed by atoms with E-state index in [-0.39, 0.29) is 0 Å². The number of halogens is 2. The van der Waals surface area contributed by atoms with Crippen LogP contribution in [0.4, 0.5) is 0 Å². The van der Waals surface area contributed by atoms with Crippen LogP contribution in [0.25, 0.3) is 0 Å². The summed E-state index contributed by atoms with van der Waals surface area (Å²) in [4.78, 5) is 0. The van der Waals surface area contributed by atoms with Gasteiger partial charge in [-0.3, -0.25) is 0 Å². The topological polar surface area (TPSA) is 9.23 Å². The second-order valence-corrected chi connectivity index (χ2v) is 5.63. The molecule has 1 aromatic rings. The lowest BCUT2D eigenvalue weighted by Crippen LogP contribution is -2.11. The van der Waals surface area contributed by atoms with Crippen LogP contribution in [0, 0.1) is 5.92 Å². The van der Waals surface area contributed by atoms with E-state index in [4.69, 9.17) is 16.3 Å². The highest BCUT2D eigenvalue weighted by atomic mass is 79.9. The molecule has 1 aromatic carbocycles. The highest BCUT2D eigenvalue weighted by Gasteiger charge is 2.08. The molecule has 0 bridgehead atoms. The highest BCUT2D eigenvalue weighted by molar-refractivity contribution is 9.10. The van der Waals surface area contributed by atoms with Gasteiger partial charge in [-0.05, 0) is 30.5 Å². The van der Waals surface area contributed by atoms with Gasteiger partial charge in [-0.1, -0.05) is 60.6 Å². The first-order chi connectivity index (χ1) is 8.17. The van der Waals surface area contributed by atoms with E-state index in [1.807, 2.05) is 18.2 Å². The van der Waals surface area contributed by atoms with Crippen molar-refractivity contribution in [3.63, 3.8) is 0 Å². The molecule has 0 aromatic heterocycles. The Hall–Kier alpha value is -0.210. The van der Waals surface area contributed by atoms with Gasteiger partial charge in [0, 0.05) is 4.47 Å².